The van der Waals surface area contributed by atoms with Crippen molar-refractivity contribution in [1.82, 2.24) is 0 Å². The van der Waals surface area contributed by atoms with Gasteiger partial charge >= 0.3 is 11.9 Å². The molecule has 0 aliphatic heterocycles. The second-order valence-electron chi connectivity index (χ2n) is 9.25. The van der Waals surface area contributed by atoms with Gasteiger partial charge in [0.2, 0.25) is 0 Å². The molecular formula is C20H30O5. The van der Waals surface area contributed by atoms with Gasteiger partial charge in [0, 0.05) is 5.41 Å². The third-order valence-corrected chi connectivity index (χ3v) is 4.69. The summed E-state index contributed by atoms with van der Waals surface area (Å²) in [6.07, 6.45) is 0. The molecule has 140 valence electrons. The van der Waals surface area contributed by atoms with Crippen molar-refractivity contribution in [3.63, 3.8) is 0 Å². The SMILES string of the molecule is CC(C)(C)c1cc(C(C)(C)C(C(=O)O)C(=O)O)cc(C(C)(C)C)c1O. The van der Waals surface area contributed by atoms with E-state index in [0.717, 1.165) is 0 Å². The lowest BCUT2D eigenvalue weighted by Crippen LogP contribution is -2.40. The zero-order chi connectivity index (χ0) is 20.0. The largest absolute Gasteiger partial charge is 0.507 e. The summed E-state index contributed by atoms with van der Waals surface area (Å²) in [4.78, 5) is 23.1. The fraction of sp³-hybridized carbons (Fsp3) is 0.600. The van der Waals surface area contributed by atoms with Crippen LogP contribution in [0.2, 0.25) is 0 Å². The lowest BCUT2D eigenvalue weighted by molar-refractivity contribution is -0.157. The Morgan fingerprint density at radius 3 is 1.36 bits per heavy atom. The Labute approximate surface area is 149 Å². The molecule has 0 spiro atoms. The van der Waals surface area contributed by atoms with Crippen molar-refractivity contribution in [3.05, 3.63) is 28.8 Å². The van der Waals surface area contributed by atoms with Crippen molar-refractivity contribution in [2.45, 2.75) is 71.6 Å². The maximum absolute atomic E-state index is 11.6. The molecule has 0 atom stereocenters. The molecule has 1 aromatic carbocycles. The highest BCUT2D eigenvalue weighted by atomic mass is 16.4. The molecule has 0 amide bonds. The molecule has 0 radical (unpaired) electrons. The Hall–Kier alpha value is -2.04. The van der Waals surface area contributed by atoms with Crippen LogP contribution >= 0.6 is 0 Å². The number of aliphatic carboxylic acids is 2. The summed E-state index contributed by atoms with van der Waals surface area (Å²) in [7, 11) is 0. The van der Waals surface area contributed by atoms with Gasteiger partial charge in [0.15, 0.2) is 5.92 Å². The van der Waals surface area contributed by atoms with E-state index in [2.05, 4.69) is 0 Å². The van der Waals surface area contributed by atoms with E-state index in [4.69, 9.17) is 0 Å². The molecule has 0 heterocycles. The summed E-state index contributed by atoms with van der Waals surface area (Å²) < 4.78 is 0. The normalized spacial score (nSPS) is 13.2. The number of benzene rings is 1. The first kappa shape index (κ1) is 21.0. The molecule has 0 aromatic heterocycles. The minimum atomic E-state index is -1.59. The van der Waals surface area contributed by atoms with Crippen molar-refractivity contribution in [3.8, 4) is 5.75 Å². The molecule has 0 fully saturated rings. The third-order valence-electron chi connectivity index (χ3n) is 4.69. The molecule has 0 aliphatic carbocycles. The minimum absolute atomic E-state index is 0.182. The maximum atomic E-state index is 11.6. The average Bonchev–Trinajstić information content (AvgIpc) is 2.33. The summed E-state index contributed by atoms with van der Waals surface area (Å²) in [6, 6.07) is 3.48. The van der Waals surface area contributed by atoms with Gasteiger partial charge < -0.3 is 15.3 Å². The Kier molecular flexibility index (Phi) is 5.34. The molecule has 5 nitrogen and oxygen atoms in total. The standard InChI is InChI=1S/C20H30O5/c1-18(2,3)12-9-11(10-13(15(12)21)19(4,5)6)20(7,8)14(16(22)23)17(24)25/h9-10,14,21H,1-8H3,(H,22,23)(H,24,25). The quantitative estimate of drug-likeness (QED) is 0.712. The van der Waals surface area contributed by atoms with Crippen LogP contribution in [0.4, 0.5) is 0 Å². The van der Waals surface area contributed by atoms with Gasteiger partial charge in [-0.15, -0.1) is 0 Å². The van der Waals surface area contributed by atoms with E-state index in [9.17, 15) is 24.9 Å². The number of phenols is 1. The van der Waals surface area contributed by atoms with Gasteiger partial charge in [-0.1, -0.05) is 67.5 Å². The molecule has 0 saturated carbocycles. The van der Waals surface area contributed by atoms with Crippen LogP contribution in [0.1, 0.15) is 72.1 Å². The van der Waals surface area contributed by atoms with Gasteiger partial charge in [0.1, 0.15) is 5.75 Å². The summed E-state index contributed by atoms with van der Waals surface area (Å²) in [5, 5.41) is 29.6. The number of aromatic hydroxyl groups is 1. The number of carboxylic acids is 2. The predicted molar refractivity (Wildman–Crippen MR) is 97.3 cm³/mol. The Bertz CT molecular complexity index is 638. The average molecular weight is 350 g/mol. The van der Waals surface area contributed by atoms with E-state index < -0.39 is 23.3 Å². The first-order valence-corrected chi connectivity index (χ1v) is 8.35. The van der Waals surface area contributed by atoms with Crippen molar-refractivity contribution < 1.29 is 24.9 Å². The zero-order valence-electron chi connectivity index (χ0n) is 16.4. The van der Waals surface area contributed by atoms with Crippen LogP contribution in [0.15, 0.2) is 12.1 Å². The summed E-state index contributed by atoms with van der Waals surface area (Å²) >= 11 is 0. The number of carbonyl (C=O) groups is 2. The van der Waals surface area contributed by atoms with Crippen molar-refractivity contribution in [2.75, 3.05) is 0 Å². The van der Waals surface area contributed by atoms with Crippen molar-refractivity contribution in [2.24, 2.45) is 5.92 Å². The highest BCUT2D eigenvalue weighted by Gasteiger charge is 2.43. The molecule has 3 N–H and O–H groups in total. The van der Waals surface area contributed by atoms with E-state index in [1.807, 2.05) is 41.5 Å². The van der Waals surface area contributed by atoms with Gasteiger partial charge in [0.25, 0.3) is 0 Å². The number of phenolic OH excluding ortho intramolecular Hbond substituents is 1. The number of hydrogen-bond acceptors (Lipinski definition) is 3. The Morgan fingerprint density at radius 2 is 1.12 bits per heavy atom. The first-order chi connectivity index (χ1) is 11.0. The fourth-order valence-electron chi connectivity index (χ4n) is 3.04. The first-order valence-electron chi connectivity index (χ1n) is 8.35. The van der Waals surface area contributed by atoms with Crippen LogP contribution in [0.25, 0.3) is 0 Å². The second kappa shape index (κ2) is 6.36. The summed E-state index contributed by atoms with van der Waals surface area (Å²) in [5.74, 6) is -4.15. The maximum Gasteiger partial charge on any atom is 0.318 e. The third kappa shape index (κ3) is 4.14. The number of rotatable bonds is 4. The molecule has 0 saturated heterocycles. The van der Waals surface area contributed by atoms with E-state index in [-0.39, 0.29) is 16.6 Å². The zero-order valence-corrected chi connectivity index (χ0v) is 16.4. The molecule has 25 heavy (non-hydrogen) atoms. The van der Waals surface area contributed by atoms with Gasteiger partial charge in [0.05, 0.1) is 0 Å². The number of hydrogen-bond donors (Lipinski definition) is 3. The summed E-state index contributed by atoms with van der Waals surface area (Å²) in [5.41, 5.74) is 0.0479. The van der Waals surface area contributed by atoms with Gasteiger partial charge in [-0.3, -0.25) is 9.59 Å². The molecule has 1 rings (SSSR count). The fourth-order valence-corrected chi connectivity index (χ4v) is 3.04. The van der Waals surface area contributed by atoms with Crippen LogP contribution in [-0.4, -0.2) is 27.3 Å². The molecule has 0 bridgehead atoms. The lowest BCUT2D eigenvalue weighted by atomic mass is 9.69. The van der Waals surface area contributed by atoms with Gasteiger partial charge in [-0.2, -0.15) is 0 Å². The van der Waals surface area contributed by atoms with E-state index in [1.54, 1.807) is 26.0 Å². The van der Waals surface area contributed by atoms with E-state index >= 15 is 0 Å². The molecule has 5 heteroatoms. The Balaban J connectivity index is 3.82. The highest BCUT2D eigenvalue weighted by molar-refractivity contribution is 5.94. The van der Waals surface area contributed by atoms with E-state index in [0.29, 0.717) is 16.7 Å². The predicted octanol–water partition coefficient (Wildman–Crippen LogP) is 4.05. The van der Waals surface area contributed by atoms with E-state index in [1.165, 1.54) is 0 Å². The molecular weight excluding hydrogens is 320 g/mol. The van der Waals surface area contributed by atoms with Gasteiger partial charge in [-0.25, -0.2) is 0 Å². The topological polar surface area (TPSA) is 94.8 Å². The van der Waals surface area contributed by atoms with Crippen LogP contribution in [0.3, 0.4) is 0 Å². The van der Waals surface area contributed by atoms with Crippen LogP contribution in [-0.2, 0) is 25.8 Å². The van der Waals surface area contributed by atoms with Crippen LogP contribution < -0.4 is 0 Å². The summed E-state index contributed by atoms with van der Waals surface area (Å²) in [6.45, 7) is 15.0. The van der Waals surface area contributed by atoms with Gasteiger partial charge in [-0.05, 0) is 27.5 Å². The molecule has 0 unspecified atom stereocenters. The lowest BCUT2D eigenvalue weighted by Gasteiger charge is -2.34. The smallest absolute Gasteiger partial charge is 0.318 e. The van der Waals surface area contributed by atoms with Crippen LogP contribution in [0, 0.1) is 5.92 Å². The monoisotopic (exact) mass is 350 g/mol. The second-order valence-corrected chi connectivity index (χ2v) is 9.25. The number of carboxylic acid groups (broad SMARTS) is 2. The van der Waals surface area contributed by atoms with Crippen molar-refractivity contribution >= 4 is 11.9 Å². The van der Waals surface area contributed by atoms with Crippen molar-refractivity contribution in [1.29, 1.82) is 0 Å². The molecule has 1 aromatic rings. The minimum Gasteiger partial charge on any atom is -0.507 e. The highest BCUT2D eigenvalue weighted by Crippen LogP contribution is 2.43. The Morgan fingerprint density at radius 1 is 0.800 bits per heavy atom. The molecule has 0 aliphatic rings. The van der Waals surface area contributed by atoms with Crippen LogP contribution in [0.5, 0.6) is 5.75 Å².